The Bertz CT molecular complexity index is 418. The van der Waals surface area contributed by atoms with Gasteiger partial charge in [-0.3, -0.25) is 0 Å². The summed E-state index contributed by atoms with van der Waals surface area (Å²) in [5.41, 5.74) is 4.30. The molecule has 0 aliphatic heterocycles. The van der Waals surface area contributed by atoms with Gasteiger partial charge in [0.1, 0.15) is 0 Å². The zero-order valence-corrected chi connectivity index (χ0v) is 8.67. The Hall–Kier alpha value is -1.54. The monoisotopic (exact) mass is 228 g/mol. The van der Waals surface area contributed by atoms with E-state index in [1.807, 2.05) is 0 Å². The fourth-order valence-corrected chi connectivity index (χ4v) is 1.51. The quantitative estimate of drug-likeness (QED) is 0.845. The third kappa shape index (κ3) is 2.34. The smallest absolute Gasteiger partial charge is 0.324 e. The summed E-state index contributed by atoms with van der Waals surface area (Å²) < 4.78 is 38.4. The molecule has 1 aromatic carbocycles. The molecule has 16 heavy (non-hydrogen) atoms. The maximum atomic E-state index is 12.8. The van der Waals surface area contributed by atoms with Crippen LogP contribution in [0, 0.1) is 11.3 Å². The van der Waals surface area contributed by atoms with Crippen LogP contribution in [0.25, 0.3) is 0 Å². The summed E-state index contributed by atoms with van der Waals surface area (Å²) in [7, 11) is 0. The third-order valence-corrected chi connectivity index (χ3v) is 2.34. The molecule has 2 nitrogen and oxygen atoms in total. The number of alkyl halides is 3. The van der Waals surface area contributed by atoms with Crippen LogP contribution in [0.2, 0.25) is 0 Å². The molecule has 0 saturated heterocycles. The van der Waals surface area contributed by atoms with Crippen molar-refractivity contribution in [2.45, 2.75) is 25.6 Å². The van der Waals surface area contributed by atoms with Gasteiger partial charge in [-0.25, -0.2) is 0 Å². The fraction of sp³-hybridized carbons (Fsp3) is 0.364. The van der Waals surface area contributed by atoms with E-state index in [-0.39, 0.29) is 11.1 Å². The van der Waals surface area contributed by atoms with E-state index in [0.717, 1.165) is 6.07 Å². The molecule has 0 amide bonds. The zero-order valence-electron chi connectivity index (χ0n) is 8.67. The molecule has 0 aromatic heterocycles. The van der Waals surface area contributed by atoms with Gasteiger partial charge in [-0.1, -0.05) is 19.1 Å². The second-order valence-corrected chi connectivity index (χ2v) is 3.39. The van der Waals surface area contributed by atoms with Crippen molar-refractivity contribution in [2.24, 2.45) is 5.73 Å². The topological polar surface area (TPSA) is 49.8 Å². The number of halogens is 3. The molecule has 1 atom stereocenters. The molecule has 1 aromatic rings. The third-order valence-electron chi connectivity index (χ3n) is 2.34. The van der Waals surface area contributed by atoms with E-state index in [1.54, 1.807) is 13.0 Å². The summed E-state index contributed by atoms with van der Waals surface area (Å²) in [5, 5.41) is 8.67. The Balaban J connectivity index is 3.46. The summed E-state index contributed by atoms with van der Waals surface area (Å²) in [6, 6.07) is 4.72. The molecule has 0 saturated carbocycles. The van der Waals surface area contributed by atoms with Crippen LogP contribution in [0.5, 0.6) is 0 Å². The lowest BCUT2D eigenvalue weighted by atomic mass is 9.95. The molecule has 86 valence electrons. The summed E-state index contributed by atoms with van der Waals surface area (Å²) in [6.45, 7) is 1.70. The molecule has 2 N–H and O–H groups in total. The molecule has 0 aliphatic rings. The molecule has 0 heterocycles. The number of nitrogens with two attached hydrogens (primary N) is 1. The number of benzene rings is 1. The van der Waals surface area contributed by atoms with Gasteiger partial charge in [0.15, 0.2) is 0 Å². The van der Waals surface area contributed by atoms with Gasteiger partial charge in [-0.05, 0) is 18.1 Å². The Kier molecular flexibility index (Phi) is 3.55. The standard InChI is InChI=1S/C11H11F3N2/c1-2-9(16)8-5-3-4-7(6-15)10(8)11(12,13)14/h3-5,9H,2,16H2,1H3/t9-/m1/s1. The minimum atomic E-state index is -4.55. The van der Waals surface area contributed by atoms with Crippen LogP contribution in [-0.4, -0.2) is 0 Å². The molecule has 0 unspecified atom stereocenters. The van der Waals surface area contributed by atoms with Crippen LogP contribution in [0.4, 0.5) is 13.2 Å². The van der Waals surface area contributed by atoms with E-state index in [1.165, 1.54) is 12.1 Å². The molecule has 0 radical (unpaired) electrons. The van der Waals surface area contributed by atoms with Gasteiger partial charge < -0.3 is 5.73 Å². The van der Waals surface area contributed by atoms with Crippen molar-refractivity contribution in [3.05, 3.63) is 34.9 Å². The Morgan fingerprint density at radius 2 is 2.06 bits per heavy atom. The summed E-state index contributed by atoms with van der Waals surface area (Å²) in [5.74, 6) is 0. The lowest BCUT2D eigenvalue weighted by Gasteiger charge is -2.18. The Morgan fingerprint density at radius 3 is 2.50 bits per heavy atom. The highest BCUT2D eigenvalue weighted by atomic mass is 19.4. The number of hydrogen-bond donors (Lipinski definition) is 1. The van der Waals surface area contributed by atoms with Gasteiger partial charge in [0, 0.05) is 6.04 Å². The van der Waals surface area contributed by atoms with Gasteiger partial charge in [-0.15, -0.1) is 0 Å². The van der Waals surface area contributed by atoms with Crippen molar-refractivity contribution in [3.63, 3.8) is 0 Å². The van der Waals surface area contributed by atoms with Crippen LogP contribution >= 0.6 is 0 Å². The second-order valence-electron chi connectivity index (χ2n) is 3.39. The number of hydrogen-bond acceptors (Lipinski definition) is 2. The first-order valence-electron chi connectivity index (χ1n) is 4.77. The summed E-state index contributed by atoms with van der Waals surface area (Å²) >= 11 is 0. The summed E-state index contributed by atoms with van der Waals surface area (Å²) in [4.78, 5) is 0. The SMILES string of the molecule is CC[C@@H](N)c1cccc(C#N)c1C(F)(F)F. The van der Waals surface area contributed by atoms with Crippen LogP contribution in [-0.2, 0) is 6.18 Å². The number of nitrogens with zero attached hydrogens (tertiary/aromatic N) is 1. The van der Waals surface area contributed by atoms with Crippen molar-refractivity contribution >= 4 is 0 Å². The lowest BCUT2D eigenvalue weighted by Crippen LogP contribution is -2.18. The van der Waals surface area contributed by atoms with Crippen LogP contribution in [0.15, 0.2) is 18.2 Å². The van der Waals surface area contributed by atoms with E-state index >= 15 is 0 Å². The fourth-order valence-electron chi connectivity index (χ4n) is 1.51. The largest absolute Gasteiger partial charge is 0.418 e. The molecule has 0 fully saturated rings. The van der Waals surface area contributed by atoms with Crippen molar-refractivity contribution in [1.82, 2.24) is 0 Å². The van der Waals surface area contributed by atoms with Crippen LogP contribution < -0.4 is 5.73 Å². The Morgan fingerprint density at radius 1 is 1.44 bits per heavy atom. The minimum absolute atomic E-state index is 0.0194. The van der Waals surface area contributed by atoms with E-state index in [9.17, 15) is 13.2 Å². The highest BCUT2D eigenvalue weighted by Gasteiger charge is 2.37. The molecule has 1 rings (SSSR count). The van der Waals surface area contributed by atoms with Crippen molar-refractivity contribution in [3.8, 4) is 6.07 Å². The van der Waals surface area contributed by atoms with Crippen LogP contribution in [0.3, 0.4) is 0 Å². The molecule has 0 aliphatic carbocycles. The van der Waals surface area contributed by atoms with Gasteiger partial charge >= 0.3 is 6.18 Å². The zero-order chi connectivity index (χ0) is 12.3. The predicted octanol–water partition coefficient (Wildman–Crippen LogP) is 2.99. The van der Waals surface area contributed by atoms with E-state index in [0.29, 0.717) is 6.42 Å². The van der Waals surface area contributed by atoms with Crippen LogP contribution in [0.1, 0.15) is 36.1 Å². The Labute approximate surface area is 91.5 Å². The number of nitriles is 1. The average molecular weight is 228 g/mol. The highest BCUT2D eigenvalue weighted by Crippen LogP contribution is 2.36. The molecule has 0 spiro atoms. The van der Waals surface area contributed by atoms with Crippen molar-refractivity contribution in [2.75, 3.05) is 0 Å². The molecule has 0 bridgehead atoms. The van der Waals surface area contributed by atoms with E-state index in [2.05, 4.69) is 0 Å². The normalized spacial score (nSPS) is 13.2. The van der Waals surface area contributed by atoms with E-state index < -0.39 is 17.8 Å². The highest BCUT2D eigenvalue weighted by molar-refractivity contribution is 5.45. The van der Waals surface area contributed by atoms with Gasteiger partial charge in [-0.2, -0.15) is 18.4 Å². The molecule has 5 heteroatoms. The second kappa shape index (κ2) is 4.54. The predicted molar refractivity (Wildman–Crippen MR) is 53.4 cm³/mol. The average Bonchev–Trinajstić information content (AvgIpc) is 2.25. The van der Waals surface area contributed by atoms with Crippen molar-refractivity contribution < 1.29 is 13.2 Å². The van der Waals surface area contributed by atoms with Gasteiger partial charge in [0.2, 0.25) is 0 Å². The number of rotatable bonds is 2. The molecular formula is C11H11F3N2. The van der Waals surface area contributed by atoms with E-state index in [4.69, 9.17) is 11.0 Å². The van der Waals surface area contributed by atoms with Gasteiger partial charge in [0.05, 0.1) is 17.2 Å². The first-order valence-corrected chi connectivity index (χ1v) is 4.77. The van der Waals surface area contributed by atoms with Gasteiger partial charge in [0.25, 0.3) is 0 Å². The first-order chi connectivity index (χ1) is 7.41. The maximum absolute atomic E-state index is 12.8. The minimum Gasteiger partial charge on any atom is -0.324 e. The van der Waals surface area contributed by atoms with Crippen molar-refractivity contribution in [1.29, 1.82) is 5.26 Å². The molecular weight excluding hydrogens is 217 g/mol. The first kappa shape index (κ1) is 12.5. The lowest BCUT2D eigenvalue weighted by molar-refractivity contribution is -0.138. The summed E-state index contributed by atoms with van der Waals surface area (Å²) in [6.07, 6.45) is -4.16. The maximum Gasteiger partial charge on any atom is 0.418 e.